The largest absolute Gasteiger partial charge is 0.370 e. The molecule has 0 amide bonds. The van der Waals surface area contributed by atoms with Gasteiger partial charge in [-0.15, -0.1) is 0 Å². The fourth-order valence-corrected chi connectivity index (χ4v) is 1.80. The van der Waals surface area contributed by atoms with Gasteiger partial charge in [0, 0.05) is 18.8 Å². The number of pyridine rings is 1. The summed E-state index contributed by atoms with van der Waals surface area (Å²) in [7, 11) is 0. The van der Waals surface area contributed by atoms with Gasteiger partial charge >= 0.3 is 0 Å². The smallest absolute Gasteiger partial charge is 0.0552 e. The maximum Gasteiger partial charge on any atom is 0.0552 e. The van der Waals surface area contributed by atoms with Crippen molar-refractivity contribution in [2.24, 2.45) is 5.92 Å². The molecule has 0 unspecified atom stereocenters. The molecule has 0 aromatic carbocycles. The van der Waals surface area contributed by atoms with Crippen molar-refractivity contribution in [3.63, 3.8) is 0 Å². The summed E-state index contributed by atoms with van der Waals surface area (Å²) in [5.41, 5.74) is 2.38. The number of rotatable bonds is 1. The number of hydrogen-bond donors (Lipinski definition) is 0. The highest BCUT2D eigenvalue weighted by Gasteiger charge is 2.10. The van der Waals surface area contributed by atoms with Crippen LogP contribution >= 0.6 is 0 Å². The summed E-state index contributed by atoms with van der Waals surface area (Å²) in [6, 6.07) is 4.26. The number of aromatic nitrogens is 1. The summed E-state index contributed by atoms with van der Waals surface area (Å²) in [6.45, 7) is 10.9. The highest BCUT2D eigenvalue weighted by Crippen LogP contribution is 2.18. The third kappa shape index (κ3) is 5.71. The van der Waals surface area contributed by atoms with Gasteiger partial charge in [0.15, 0.2) is 0 Å². The van der Waals surface area contributed by atoms with Crippen LogP contribution in [0.5, 0.6) is 0 Å². The van der Waals surface area contributed by atoms with Crippen LogP contribution in [0.1, 0.15) is 45.7 Å². The maximum absolute atomic E-state index is 4.31. The quantitative estimate of drug-likeness (QED) is 0.729. The molecule has 1 saturated heterocycles. The number of piperidine rings is 1. The highest BCUT2D eigenvalue weighted by atomic mass is 15.1. The van der Waals surface area contributed by atoms with Crippen LogP contribution in [-0.4, -0.2) is 18.1 Å². The van der Waals surface area contributed by atoms with E-state index in [1.165, 1.54) is 38.0 Å². The molecular weight excluding hydrogens is 208 g/mol. The SMILES string of the molecule is CC(C)C.Cc1ccc(N2CCCCC2)cn1. The lowest BCUT2D eigenvalue weighted by molar-refractivity contribution is 0.577. The van der Waals surface area contributed by atoms with Gasteiger partial charge in [0.2, 0.25) is 0 Å². The highest BCUT2D eigenvalue weighted by molar-refractivity contribution is 5.44. The van der Waals surface area contributed by atoms with Gasteiger partial charge in [-0.25, -0.2) is 0 Å². The summed E-state index contributed by atoms with van der Waals surface area (Å²) in [4.78, 5) is 6.74. The first kappa shape index (κ1) is 14.0. The Morgan fingerprint density at radius 2 is 1.65 bits per heavy atom. The zero-order valence-electron chi connectivity index (χ0n) is 11.7. The van der Waals surface area contributed by atoms with E-state index in [1.54, 1.807) is 0 Å². The molecule has 0 saturated carbocycles. The lowest BCUT2D eigenvalue weighted by atomic mass is 10.1. The molecule has 0 bridgehead atoms. The molecule has 1 fully saturated rings. The molecule has 0 aliphatic carbocycles. The molecule has 2 rings (SSSR count). The standard InChI is InChI=1S/C11H16N2.C4H10/c1-10-5-6-11(9-12-10)13-7-3-2-4-8-13;1-4(2)3/h5-6,9H,2-4,7-8H2,1H3;4H,1-3H3. The number of anilines is 1. The van der Waals surface area contributed by atoms with Gasteiger partial charge in [-0.2, -0.15) is 0 Å². The van der Waals surface area contributed by atoms with Crippen molar-refractivity contribution >= 4 is 5.69 Å². The number of aryl methyl sites for hydroxylation is 1. The van der Waals surface area contributed by atoms with Crippen LogP contribution in [0.15, 0.2) is 18.3 Å². The molecule has 0 atom stereocenters. The van der Waals surface area contributed by atoms with Crippen molar-refractivity contribution in [1.29, 1.82) is 0 Å². The minimum absolute atomic E-state index is 0.833. The third-order valence-electron chi connectivity index (χ3n) is 2.62. The van der Waals surface area contributed by atoms with E-state index in [-0.39, 0.29) is 0 Å². The van der Waals surface area contributed by atoms with Crippen molar-refractivity contribution in [2.75, 3.05) is 18.0 Å². The first-order chi connectivity index (χ1) is 8.09. The van der Waals surface area contributed by atoms with Gasteiger partial charge in [0.05, 0.1) is 11.9 Å². The van der Waals surface area contributed by atoms with Crippen molar-refractivity contribution in [1.82, 2.24) is 4.98 Å². The third-order valence-corrected chi connectivity index (χ3v) is 2.62. The summed E-state index contributed by atoms with van der Waals surface area (Å²) < 4.78 is 0. The fourth-order valence-electron chi connectivity index (χ4n) is 1.80. The Morgan fingerprint density at radius 1 is 1.06 bits per heavy atom. The first-order valence-electron chi connectivity index (χ1n) is 6.77. The second kappa shape index (κ2) is 7.31. The van der Waals surface area contributed by atoms with Gasteiger partial charge in [-0.1, -0.05) is 20.8 Å². The number of hydrogen-bond acceptors (Lipinski definition) is 2. The van der Waals surface area contributed by atoms with Crippen molar-refractivity contribution < 1.29 is 0 Å². The minimum Gasteiger partial charge on any atom is -0.370 e. The molecule has 1 aromatic heterocycles. The monoisotopic (exact) mass is 234 g/mol. The van der Waals surface area contributed by atoms with Crippen molar-refractivity contribution in [3.05, 3.63) is 24.0 Å². The number of nitrogens with zero attached hydrogens (tertiary/aromatic N) is 2. The van der Waals surface area contributed by atoms with Crippen molar-refractivity contribution in [3.8, 4) is 0 Å². The molecule has 1 aromatic rings. The van der Waals surface area contributed by atoms with Gasteiger partial charge in [-0.05, 0) is 44.2 Å². The lowest BCUT2D eigenvalue weighted by Gasteiger charge is -2.28. The fraction of sp³-hybridized carbons (Fsp3) is 0.667. The summed E-state index contributed by atoms with van der Waals surface area (Å²) in [5.74, 6) is 0.833. The van der Waals surface area contributed by atoms with Gasteiger partial charge in [-0.3, -0.25) is 4.98 Å². The molecule has 0 spiro atoms. The van der Waals surface area contributed by atoms with E-state index in [1.807, 2.05) is 13.1 Å². The second-order valence-electron chi connectivity index (χ2n) is 5.44. The van der Waals surface area contributed by atoms with E-state index in [4.69, 9.17) is 0 Å². The minimum atomic E-state index is 0.833. The van der Waals surface area contributed by atoms with E-state index in [0.717, 1.165) is 11.6 Å². The Kier molecular flexibility index (Phi) is 6.03. The molecule has 96 valence electrons. The van der Waals surface area contributed by atoms with E-state index in [0.29, 0.717) is 0 Å². The molecule has 0 N–H and O–H groups in total. The zero-order valence-corrected chi connectivity index (χ0v) is 11.7. The Labute approximate surface area is 106 Å². The van der Waals surface area contributed by atoms with Crippen LogP contribution in [0.4, 0.5) is 5.69 Å². The predicted octanol–water partition coefficient (Wildman–Crippen LogP) is 4.04. The lowest BCUT2D eigenvalue weighted by Crippen LogP contribution is -2.29. The molecule has 2 heteroatoms. The van der Waals surface area contributed by atoms with Gasteiger partial charge < -0.3 is 4.90 Å². The Hall–Kier alpha value is -1.05. The van der Waals surface area contributed by atoms with E-state index >= 15 is 0 Å². The first-order valence-corrected chi connectivity index (χ1v) is 6.77. The van der Waals surface area contributed by atoms with Crippen LogP contribution in [0.2, 0.25) is 0 Å². The molecule has 2 nitrogen and oxygen atoms in total. The normalized spacial score (nSPS) is 15.5. The van der Waals surface area contributed by atoms with Crippen LogP contribution in [-0.2, 0) is 0 Å². The molecule has 2 heterocycles. The average molecular weight is 234 g/mol. The Bertz CT molecular complexity index is 294. The van der Waals surface area contributed by atoms with Crippen LogP contribution in [0.3, 0.4) is 0 Å². The van der Waals surface area contributed by atoms with E-state index in [2.05, 4.69) is 42.8 Å². The summed E-state index contributed by atoms with van der Waals surface area (Å²) >= 11 is 0. The van der Waals surface area contributed by atoms with Crippen LogP contribution in [0.25, 0.3) is 0 Å². The molecule has 1 aliphatic heterocycles. The van der Waals surface area contributed by atoms with E-state index in [9.17, 15) is 0 Å². The Morgan fingerprint density at radius 3 is 2.12 bits per heavy atom. The van der Waals surface area contributed by atoms with E-state index < -0.39 is 0 Å². The zero-order chi connectivity index (χ0) is 12.7. The van der Waals surface area contributed by atoms with Crippen LogP contribution < -0.4 is 4.90 Å². The maximum atomic E-state index is 4.31. The molecule has 1 aliphatic rings. The topological polar surface area (TPSA) is 16.1 Å². The molecule has 17 heavy (non-hydrogen) atoms. The van der Waals surface area contributed by atoms with Gasteiger partial charge in [0.25, 0.3) is 0 Å². The summed E-state index contributed by atoms with van der Waals surface area (Å²) in [6.07, 6.45) is 6.03. The second-order valence-corrected chi connectivity index (χ2v) is 5.44. The average Bonchev–Trinajstić information content (AvgIpc) is 2.30. The molecule has 0 radical (unpaired) electrons. The summed E-state index contributed by atoms with van der Waals surface area (Å²) in [5, 5.41) is 0. The van der Waals surface area contributed by atoms with Crippen LogP contribution in [0, 0.1) is 12.8 Å². The predicted molar refractivity (Wildman–Crippen MR) is 75.6 cm³/mol. The molecular formula is C15H26N2. The Balaban J connectivity index is 0.000000317. The van der Waals surface area contributed by atoms with Gasteiger partial charge in [0.1, 0.15) is 0 Å². The van der Waals surface area contributed by atoms with Crippen molar-refractivity contribution in [2.45, 2.75) is 47.0 Å².